The highest BCUT2D eigenvalue weighted by atomic mass is 32.1. The number of aryl methyl sites for hydroxylation is 1. The molecule has 7 nitrogen and oxygen atoms in total. The maximum absolute atomic E-state index is 5.91. The monoisotopic (exact) mass is 482 g/mol. The van der Waals surface area contributed by atoms with Crippen molar-refractivity contribution in [1.82, 2.24) is 15.0 Å². The maximum Gasteiger partial charge on any atom is 0.318 e. The lowest BCUT2D eigenvalue weighted by atomic mass is 10.3. The molecule has 0 unspecified atom stereocenters. The molecule has 0 spiro atoms. The quantitative estimate of drug-likeness (QED) is 0.230. The van der Waals surface area contributed by atoms with E-state index in [4.69, 9.17) is 4.74 Å². The number of rotatable bonds is 13. The van der Waals surface area contributed by atoms with Crippen LogP contribution in [0.25, 0.3) is 0 Å². The van der Waals surface area contributed by atoms with Gasteiger partial charge in [-0.15, -0.1) is 11.3 Å². The fourth-order valence-electron chi connectivity index (χ4n) is 3.19. The normalized spacial score (nSPS) is 10.6. The average molecular weight is 483 g/mol. The van der Waals surface area contributed by atoms with Crippen LogP contribution >= 0.6 is 11.3 Å². The predicted molar refractivity (Wildman–Crippen MR) is 145 cm³/mol. The number of aromatic nitrogens is 3. The lowest BCUT2D eigenvalue weighted by molar-refractivity contribution is 0.295. The van der Waals surface area contributed by atoms with Gasteiger partial charge in [-0.25, -0.2) is 0 Å². The van der Waals surface area contributed by atoms with Crippen LogP contribution < -0.4 is 15.1 Å². The molecule has 3 rings (SSSR count). The van der Waals surface area contributed by atoms with Crippen LogP contribution in [0, 0.1) is 0 Å². The van der Waals surface area contributed by atoms with E-state index in [1.54, 1.807) is 23.7 Å². The number of hydrogen-bond donors (Lipinski definition) is 1. The highest BCUT2D eigenvalue weighted by Crippen LogP contribution is 2.22. The third kappa shape index (κ3) is 9.09. The molecule has 3 aromatic rings. The first-order chi connectivity index (χ1) is 16.7. The van der Waals surface area contributed by atoms with Crippen LogP contribution in [0.2, 0.25) is 0 Å². The Morgan fingerprint density at radius 3 is 2.50 bits per heavy atom. The predicted octanol–water partition coefficient (Wildman–Crippen LogP) is 6.22. The van der Waals surface area contributed by atoms with Gasteiger partial charge in [-0.3, -0.25) is 10.4 Å². The van der Waals surface area contributed by atoms with Crippen molar-refractivity contribution in [2.24, 2.45) is 5.10 Å². The number of nitrogens with one attached hydrogen (secondary N) is 1. The molecule has 3 heterocycles. The first-order valence-electron chi connectivity index (χ1n) is 12.3. The van der Waals surface area contributed by atoms with Crippen LogP contribution in [0.4, 0.5) is 10.8 Å². The molecule has 1 N–H and O–H groups in total. The van der Waals surface area contributed by atoms with Crippen molar-refractivity contribution in [3.8, 4) is 6.01 Å². The van der Waals surface area contributed by atoms with Crippen LogP contribution in [0.3, 0.4) is 0 Å². The fraction of sp³-hybridized carbons (Fsp3) is 0.462. The molecule has 0 saturated carbocycles. The molecular formula is C26H38N6OS. The highest BCUT2D eigenvalue weighted by Gasteiger charge is 2.11. The van der Waals surface area contributed by atoms with E-state index < -0.39 is 0 Å². The van der Waals surface area contributed by atoms with E-state index in [2.05, 4.69) is 57.2 Å². The van der Waals surface area contributed by atoms with Crippen LogP contribution in [0.15, 0.2) is 47.7 Å². The SMILES string of the molecule is CC.CCCN(CCC)c1cc(/C=N/Nc2ccc(CC)s2)nc(OCCc2ccccn2)n1. The van der Waals surface area contributed by atoms with Crippen LogP contribution in [0.5, 0.6) is 6.01 Å². The smallest absolute Gasteiger partial charge is 0.318 e. The molecule has 34 heavy (non-hydrogen) atoms. The zero-order valence-electron chi connectivity index (χ0n) is 21.1. The number of hydrogen-bond acceptors (Lipinski definition) is 8. The Hall–Kier alpha value is -3.00. The topological polar surface area (TPSA) is 75.5 Å². The number of anilines is 2. The van der Waals surface area contributed by atoms with E-state index in [9.17, 15) is 0 Å². The zero-order valence-corrected chi connectivity index (χ0v) is 21.9. The number of pyridine rings is 1. The van der Waals surface area contributed by atoms with E-state index >= 15 is 0 Å². The first-order valence-corrected chi connectivity index (χ1v) is 13.1. The zero-order chi connectivity index (χ0) is 24.6. The van der Waals surface area contributed by atoms with Crippen molar-refractivity contribution in [2.45, 2.75) is 60.3 Å². The summed E-state index contributed by atoms with van der Waals surface area (Å²) in [7, 11) is 0. The molecule has 0 radical (unpaired) electrons. The molecule has 0 aromatic carbocycles. The summed E-state index contributed by atoms with van der Waals surface area (Å²) in [5, 5.41) is 5.39. The van der Waals surface area contributed by atoms with Crippen molar-refractivity contribution in [1.29, 1.82) is 0 Å². The third-order valence-corrected chi connectivity index (χ3v) is 5.85. The van der Waals surface area contributed by atoms with Gasteiger partial charge in [0.1, 0.15) is 10.8 Å². The Balaban J connectivity index is 0.00000199. The van der Waals surface area contributed by atoms with Crippen LogP contribution in [0.1, 0.15) is 63.7 Å². The Labute approximate surface area is 208 Å². The lowest BCUT2D eigenvalue weighted by Gasteiger charge is -2.23. The minimum Gasteiger partial charge on any atom is -0.463 e. The van der Waals surface area contributed by atoms with Gasteiger partial charge in [-0.1, -0.05) is 40.7 Å². The molecule has 0 amide bonds. The van der Waals surface area contributed by atoms with Crippen molar-refractivity contribution >= 4 is 28.4 Å². The summed E-state index contributed by atoms with van der Waals surface area (Å²) in [5.41, 5.74) is 4.79. The molecule has 0 fully saturated rings. The van der Waals surface area contributed by atoms with Crippen LogP contribution in [-0.4, -0.2) is 40.9 Å². The van der Waals surface area contributed by atoms with E-state index in [1.807, 2.05) is 44.2 Å². The van der Waals surface area contributed by atoms with Gasteiger partial charge in [-0.05, 0) is 43.5 Å². The van der Waals surface area contributed by atoms with Gasteiger partial charge in [0.05, 0.1) is 18.5 Å². The summed E-state index contributed by atoms with van der Waals surface area (Å²) in [6, 6.07) is 12.4. The van der Waals surface area contributed by atoms with Gasteiger partial charge in [-0.2, -0.15) is 15.1 Å². The summed E-state index contributed by atoms with van der Waals surface area (Å²) < 4.78 is 5.91. The Morgan fingerprint density at radius 1 is 1.06 bits per heavy atom. The Morgan fingerprint density at radius 2 is 1.85 bits per heavy atom. The van der Waals surface area contributed by atoms with Gasteiger partial charge < -0.3 is 9.64 Å². The Kier molecular flexibility index (Phi) is 12.6. The van der Waals surface area contributed by atoms with Gasteiger partial charge in [0, 0.05) is 42.3 Å². The minimum atomic E-state index is 0.362. The van der Waals surface area contributed by atoms with Gasteiger partial charge >= 0.3 is 6.01 Å². The maximum atomic E-state index is 5.91. The van der Waals surface area contributed by atoms with Crippen molar-refractivity contribution in [3.05, 3.63) is 58.9 Å². The molecule has 0 saturated heterocycles. The summed E-state index contributed by atoms with van der Waals surface area (Å²) >= 11 is 1.70. The average Bonchev–Trinajstić information content (AvgIpc) is 3.34. The summed E-state index contributed by atoms with van der Waals surface area (Å²) in [6.07, 6.45) is 7.32. The second kappa shape index (κ2) is 15.8. The molecule has 0 aliphatic rings. The summed E-state index contributed by atoms with van der Waals surface area (Å²) in [4.78, 5) is 17.2. The largest absolute Gasteiger partial charge is 0.463 e. The molecule has 184 valence electrons. The van der Waals surface area contributed by atoms with Crippen molar-refractivity contribution < 1.29 is 4.74 Å². The minimum absolute atomic E-state index is 0.362. The molecular weight excluding hydrogens is 444 g/mol. The lowest BCUT2D eigenvalue weighted by Crippen LogP contribution is -2.26. The van der Waals surface area contributed by atoms with Crippen molar-refractivity contribution in [3.63, 3.8) is 0 Å². The molecule has 0 bridgehead atoms. The first kappa shape index (κ1) is 27.2. The second-order valence-electron chi connectivity index (χ2n) is 7.33. The standard InChI is InChI=1S/C24H32N6OS.C2H6/c1-4-14-30(15-5-2)22-17-20(18-26-29-23-11-10-21(6-3)32-23)27-24(28-22)31-16-12-19-9-7-8-13-25-19;1-2/h7-11,13,17-18,29H,4-6,12,14-16H2,1-3H3;1-2H3/b26-18+;. The van der Waals surface area contributed by atoms with E-state index in [0.717, 1.165) is 48.9 Å². The van der Waals surface area contributed by atoms with E-state index in [1.165, 1.54) is 4.88 Å². The van der Waals surface area contributed by atoms with Gasteiger partial charge in [0.2, 0.25) is 0 Å². The molecule has 0 aliphatic heterocycles. The number of hydrazone groups is 1. The second-order valence-corrected chi connectivity index (χ2v) is 8.50. The highest BCUT2D eigenvalue weighted by molar-refractivity contribution is 7.16. The summed E-state index contributed by atoms with van der Waals surface area (Å²) in [5.74, 6) is 0.863. The fourth-order valence-corrected chi connectivity index (χ4v) is 3.98. The van der Waals surface area contributed by atoms with E-state index in [-0.39, 0.29) is 0 Å². The number of thiophene rings is 1. The molecule has 3 aromatic heterocycles. The molecule has 0 aliphatic carbocycles. The number of nitrogens with zero attached hydrogens (tertiary/aromatic N) is 5. The molecule has 8 heteroatoms. The summed E-state index contributed by atoms with van der Waals surface area (Å²) in [6.45, 7) is 12.8. The third-order valence-electron chi connectivity index (χ3n) is 4.72. The molecule has 0 atom stereocenters. The van der Waals surface area contributed by atoms with Gasteiger partial charge in [0.15, 0.2) is 0 Å². The van der Waals surface area contributed by atoms with Gasteiger partial charge in [0.25, 0.3) is 0 Å². The van der Waals surface area contributed by atoms with E-state index in [0.29, 0.717) is 24.7 Å². The van der Waals surface area contributed by atoms with Crippen LogP contribution in [-0.2, 0) is 12.8 Å². The number of ether oxygens (including phenoxy) is 1. The Bertz CT molecular complexity index is 970. The van der Waals surface area contributed by atoms with Crippen molar-refractivity contribution in [2.75, 3.05) is 30.0 Å².